The van der Waals surface area contributed by atoms with E-state index < -0.39 is 15.9 Å². The van der Waals surface area contributed by atoms with Gasteiger partial charge in [0.2, 0.25) is 10.0 Å². The number of ether oxygens (including phenoxy) is 1. The Hall–Kier alpha value is -1.64. The van der Waals surface area contributed by atoms with Gasteiger partial charge in [-0.2, -0.15) is 4.31 Å². The fraction of sp³-hybridized carbons (Fsp3) is 0.278. The summed E-state index contributed by atoms with van der Waals surface area (Å²) in [7, 11) is -3.66. The van der Waals surface area contributed by atoms with Crippen LogP contribution in [0.15, 0.2) is 47.4 Å². The Morgan fingerprint density at radius 2 is 1.70 bits per heavy atom. The van der Waals surface area contributed by atoms with Crippen LogP contribution in [0.2, 0.25) is 10.0 Å². The zero-order valence-corrected chi connectivity index (χ0v) is 16.6. The van der Waals surface area contributed by atoms with E-state index in [1.165, 1.54) is 22.5 Å². The van der Waals surface area contributed by atoms with Crippen molar-refractivity contribution >= 4 is 39.1 Å². The van der Waals surface area contributed by atoms with Gasteiger partial charge in [-0.25, -0.2) is 8.42 Å². The Kier molecular flexibility index (Phi) is 6.39. The Balaban J connectivity index is 1.79. The van der Waals surface area contributed by atoms with Crippen LogP contribution in [0, 0.1) is 0 Å². The van der Waals surface area contributed by atoms with E-state index >= 15 is 0 Å². The van der Waals surface area contributed by atoms with Gasteiger partial charge in [0.15, 0.2) is 0 Å². The summed E-state index contributed by atoms with van der Waals surface area (Å²) >= 11 is 11.8. The largest absolute Gasteiger partial charge is 0.379 e. The number of rotatable bonds is 5. The van der Waals surface area contributed by atoms with Crippen molar-refractivity contribution in [3.8, 4) is 0 Å². The third-order valence-electron chi connectivity index (χ3n) is 4.12. The molecule has 1 N–H and O–H groups in total. The Bertz CT molecular complexity index is 924. The third-order valence-corrected chi connectivity index (χ3v) is 6.56. The van der Waals surface area contributed by atoms with E-state index in [0.717, 1.165) is 0 Å². The molecular formula is C18H18Cl2N2O4S. The number of carbonyl (C=O) groups is 1. The van der Waals surface area contributed by atoms with Crippen LogP contribution in [0.3, 0.4) is 0 Å². The van der Waals surface area contributed by atoms with Crippen molar-refractivity contribution < 1.29 is 17.9 Å². The maximum absolute atomic E-state index is 12.9. The fourth-order valence-electron chi connectivity index (χ4n) is 2.79. The van der Waals surface area contributed by atoms with Gasteiger partial charge in [-0.15, -0.1) is 0 Å². The minimum absolute atomic E-state index is 0.0582. The lowest BCUT2D eigenvalue weighted by Gasteiger charge is -2.27. The van der Waals surface area contributed by atoms with E-state index in [1.54, 1.807) is 24.3 Å². The molecule has 0 saturated carbocycles. The quantitative estimate of drug-likeness (QED) is 0.793. The summed E-state index contributed by atoms with van der Waals surface area (Å²) in [6, 6.07) is 11.1. The summed E-state index contributed by atoms with van der Waals surface area (Å²) in [5, 5.41) is 3.42. The number of halogens is 2. The zero-order valence-electron chi connectivity index (χ0n) is 14.3. The second-order valence-electron chi connectivity index (χ2n) is 5.96. The first-order valence-electron chi connectivity index (χ1n) is 8.28. The minimum Gasteiger partial charge on any atom is -0.379 e. The Labute approximate surface area is 168 Å². The monoisotopic (exact) mass is 428 g/mol. The van der Waals surface area contributed by atoms with Gasteiger partial charge < -0.3 is 10.1 Å². The van der Waals surface area contributed by atoms with Crippen LogP contribution in [0.5, 0.6) is 0 Å². The molecule has 3 rings (SSSR count). The van der Waals surface area contributed by atoms with Crippen molar-refractivity contribution in [3.05, 3.63) is 63.6 Å². The third kappa shape index (κ3) is 4.80. The molecule has 0 aliphatic carbocycles. The molecule has 1 heterocycles. The van der Waals surface area contributed by atoms with Gasteiger partial charge in [-0.3, -0.25) is 4.79 Å². The van der Waals surface area contributed by atoms with E-state index in [4.69, 9.17) is 27.9 Å². The number of nitrogens with zero attached hydrogens (tertiary/aromatic N) is 1. The number of benzene rings is 2. The Morgan fingerprint density at radius 1 is 1.07 bits per heavy atom. The molecule has 27 heavy (non-hydrogen) atoms. The average Bonchev–Trinajstić information content (AvgIpc) is 2.66. The number of morpholine rings is 1. The molecule has 9 heteroatoms. The Morgan fingerprint density at radius 3 is 2.37 bits per heavy atom. The molecule has 1 fully saturated rings. The molecule has 0 aromatic heterocycles. The van der Waals surface area contributed by atoms with Crippen molar-refractivity contribution in [3.63, 3.8) is 0 Å². The normalized spacial score (nSPS) is 15.5. The van der Waals surface area contributed by atoms with E-state index in [9.17, 15) is 13.2 Å². The number of carbonyl (C=O) groups excluding carboxylic acids is 1. The lowest BCUT2D eigenvalue weighted by molar-refractivity contribution is 0.0730. The molecule has 1 saturated heterocycles. The molecule has 144 valence electrons. The van der Waals surface area contributed by atoms with Crippen molar-refractivity contribution in [1.29, 1.82) is 0 Å². The molecule has 1 amide bonds. The van der Waals surface area contributed by atoms with Crippen LogP contribution in [-0.4, -0.2) is 44.9 Å². The maximum Gasteiger partial charge on any atom is 0.251 e. The first-order valence-corrected chi connectivity index (χ1v) is 10.5. The standard InChI is InChI=1S/C18H18Cl2N2O4S/c19-15-9-14(10-16(20)11-15)18(23)21-12-13-3-1-2-4-17(13)27(24,25)22-5-7-26-8-6-22/h1-4,9-11H,5-8,12H2,(H,21,23). The first kappa shape index (κ1) is 20.1. The molecule has 0 radical (unpaired) electrons. The van der Waals surface area contributed by atoms with Crippen LogP contribution in [-0.2, 0) is 21.3 Å². The highest BCUT2D eigenvalue weighted by atomic mass is 35.5. The highest BCUT2D eigenvalue weighted by molar-refractivity contribution is 7.89. The molecule has 1 aliphatic heterocycles. The van der Waals surface area contributed by atoms with Crippen LogP contribution in [0.1, 0.15) is 15.9 Å². The van der Waals surface area contributed by atoms with Gasteiger partial charge >= 0.3 is 0 Å². The summed E-state index contributed by atoms with van der Waals surface area (Å²) in [5.74, 6) is -0.391. The van der Waals surface area contributed by atoms with Crippen LogP contribution < -0.4 is 5.32 Å². The number of nitrogens with one attached hydrogen (secondary N) is 1. The topological polar surface area (TPSA) is 75.7 Å². The lowest BCUT2D eigenvalue weighted by Crippen LogP contribution is -2.41. The smallest absolute Gasteiger partial charge is 0.251 e. The SMILES string of the molecule is O=C(NCc1ccccc1S(=O)(=O)N1CCOCC1)c1cc(Cl)cc(Cl)c1. The molecular weight excluding hydrogens is 411 g/mol. The molecule has 0 atom stereocenters. The first-order chi connectivity index (χ1) is 12.9. The zero-order chi connectivity index (χ0) is 19.4. The van der Waals surface area contributed by atoms with E-state index in [-0.39, 0.29) is 11.4 Å². The van der Waals surface area contributed by atoms with E-state index in [0.29, 0.717) is 47.5 Å². The molecule has 0 unspecified atom stereocenters. The van der Waals surface area contributed by atoms with Crippen LogP contribution in [0.4, 0.5) is 0 Å². The minimum atomic E-state index is -3.66. The summed E-state index contributed by atoms with van der Waals surface area (Å²) in [6.07, 6.45) is 0. The number of hydrogen-bond acceptors (Lipinski definition) is 4. The molecule has 0 bridgehead atoms. The average molecular weight is 429 g/mol. The van der Waals surface area contributed by atoms with Crippen LogP contribution in [0.25, 0.3) is 0 Å². The molecule has 0 spiro atoms. The summed E-state index contributed by atoms with van der Waals surface area (Å²) in [6.45, 7) is 1.41. The van der Waals surface area contributed by atoms with Gasteiger partial charge in [-0.1, -0.05) is 41.4 Å². The van der Waals surface area contributed by atoms with E-state index in [2.05, 4.69) is 5.32 Å². The second-order valence-corrected chi connectivity index (χ2v) is 8.74. The maximum atomic E-state index is 12.9. The predicted octanol–water partition coefficient (Wildman–Crippen LogP) is 2.94. The van der Waals surface area contributed by atoms with Crippen LogP contribution >= 0.6 is 23.2 Å². The number of amides is 1. The van der Waals surface area contributed by atoms with Crippen molar-refractivity contribution in [2.75, 3.05) is 26.3 Å². The summed E-state index contributed by atoms with van der Waals surface area (Å²) in [5.41, 5.74) is 0.812. The fourth-order valence-corrected chi connectivity index (χ4v) is 4.95. The molecule has 1 aliphatic rings. The molecule has 6 nitrogen and oxygen atoms in total. The predicted molar refractivity (Wildman–Crippen MR) is 104 cm³/mol. The van der Waals surface area contributed by atoms with Crippen molar-refractivity contribution in [1.82, 2.24) is 9.62 Å². The highest BCUT2D eigenvalue weighted by Gasteiger charge is 2.28. The second kappa shape index (κ2) is 8.58. The van der Waals surface area contributed by atoms with Crippen molar-refractivity contribution in [2.45, 2.75) is 11.4 Å². The van der Waals surface area contributed by atoms with E-state index in [1.807, 2.05) is 0 Å². The van der Waals surface area contributed by atoms with Gasteiger partial charge in [0.1, 0.15) is 0 Å². The van der Waals surface area contributed by atoms with Gasteiger partial charge in [0, 0.05) is 35.2 Å². The van der Waals surface area contributed by atoms with Gasteiger partial charge in [0.05, 0.1) is 18.1 Å². The summed E-state index contributed by atoms with van der Waals surface area (Å²) < 4.78 is 32.5. The molecule has 2 aromatic rings. The number of hydrogen-bond donors (Lipinski definition) is 1. The van der Waals surface area contributed by atoms with Gasteiger partial charge in [0.25, 0.3) is 5.91 Å². The van der Waals surface area contributed by atoms with Crippen molar-refractivity contribution in [2.24, 2.45) is 0 Å². The molecule has 2 aromatic carbocycles. The number of sulfonamides is 1. The summed E-state index contributed by atoms with van der Waals surface area (Å²) in [4.78, 5) is 12.6. The van der Waals surface area contributed by atoms with Gasteiger partial charge in [-0.05, 0) is 29.8 Å². The highest BCUT2D eigenvalue weighted by Crippen LogP contribution is 2.22. The lowest BCUT2D eigenvalue weighted by atomic mass is 10.2.